The van der Waals surface area contributed by atoms with Crippen molar-refractivity contribution < 1.29 is 5.11 Å². The van der Waals surface area contributed by atoms with Crippen LogP contribution in [0.4, 0.5) is 5.69 Å². The lowest BCUT2D eigenvalue weighted by Gasteiger charge is -2.00. The molecule has 1 aromatic carbocycles. The second kappa shape index (κ2) is 3.77. The van der Waals surface area contributed by atoms with Crippen molar-refractivity contribution in [3.05, 3.63) is 29.6 Å². The predicted octanol–water partition coefficient (Wildman–Crippen LogP) is 2.31. The number of thiophene rings is 1. The first kappa shape index (κ1) is 8.53. The monoisotopic (exact) mass is 193 g/mol. The molecule has 68 valence electrons. The van der Waals surface area contributed by atoms with Crippen LogP contribution >= 0.6 is 11.3 Å². The van der Waals surface area contributed by atoms with E-state index in [-0.39, 0.29) is 6.61 Å². The van der Waals surface area contributed by atoms with E-state index in [1.54, 1.807) is 11.3 Å². The molecule has 0 atom stereocenters. The molecular weight excluding hydrogens is 182 g/mol. The first-order valence-corrected chi connectivity index (χ1v) is 5.11. The fourth-order valence-electron chi connectivity index (χ4n) is 1.31. The zero-order valence-corrected chi connectivity index (χ0v) is 7.97. The lowest BCUT2D eigenvalue weighted by Crippen LogP contribution is -2.04. The number of aliphatic hydroxyl groups excluding tert-OH is 1. The van der Waals surface area contributed by atoms with Crippen molar-refractivity contribution in [3.63, 3.8) is 0 Å². The Morgan fingerprint density at radius 3 is 3.00 bits per heavy atom. The third-order valence-corrected chi connectivity index (χ3v) is 2.87. The summed E-state index contributed by atoms with van der Waals surface area (Å²) in [5.74, 6) is 0. The molecule has 3 heteroatoms. The molecular formula is C10H11NOS. The van der Waals surface area contributed by atoms with Gasteiger partial charge in [-0.05, 0) is 6.07 Å². The second-order valence-corrected chi connectivity index (χ2v) is 3.71. The van der Waals surface area contributed by atoms with Gasteiger partial charge in [-0.1, -0.05) is 18.2 Å². The molecule has 0 unspecified atom stereocenters. The van der Waals surface area contributed by atoms with E-state index in [9.17, 15) is 0 Å². The number of anilines is 1. The maximum Gasteiger partial charge on any atom is 0.0604 e. The van der Waals surface area contributed by atoms with E-state index in [0.29, 0.717) is 6.54 Å². The lowest BCUT2D eigenvalue weighted by atomic mass is 10.2. The lowest BCUT2D eigenvalue weighted by molar-refractivity contribution is 0.311. The molecule has 0 saturated heterocycles. The minimum absolute atomic E-state index is 0.171. The van der Waals surface area contributed by atoms with Gasteiger partial charge < -0.3 is 10.4 Å². The van der Waals surface area contributed by atoms with Gasteiger partial charge in [0.2, 0.25) is 0 Å². The molecule has 2 N–H and O–H groups in total. The molecule has 1 aromatic heterocycles. The van der Waals surface area contributed by atoms with Crippen LogP contribution in [0.1, 0.15) is 0 Å². The molecule has 1 heterocycles. The van der Waals surface area contributed by atoms with Gasteiger partial charge in [-0.3, -0.25) is 0 Å². The zero-order valence-electron chi connectivity index (χ0n) is 7.16. The smallest absolute Gasteiger partial charge is 0.0604 e. The Bertz CT molecular complexity index is 396. The quantitative estimate of drug-likeness (QED) is 0.784. The van der Waals surface area contributed by atoms with Gasteiger partial charge in [0.25, 0.3) is 0 Å². The van der Waals surface area contributed by atoms with Crippen LogP contribution in [0, 0.1) is 0 Å². The first-order valence-electron chi connectivity index (χ1n) is 4.23. The third-order valence-electron chi connectivity index (χ3n) is 1.91. The summed E-state index contributed by atoms with van der Waals surface area (Å²) in [5.41, 5.74) is 1.12. The van der Waals surface area contributed by atoms with Gasteiger partial charge in [-0.2, -0.15) is 0 Å². The van der Waals surface area contributed by atoms with Gasteiger partial charge in [-0.15, -0.1) is 11.3 Å². The maximum absolute atomic E-state index is 8.68. The van der Waals surface area contributed by atoms with Crippen molar-refractivity contribution in [2.24, 2.45) is 0 Å². The van der Waals surface area contributed by atoms with Crippen molar-refractivity contribution in [1.82, 2.24) is 0 Å². The first-order chi connectivity index (χ1) is 6.42. The van der Waals surface area contributed by atoms with Crippen molar-refractivity contribution in [2.75, 3.05) is 18.5 Å². The molecule has 13 heavy (non-hydrogen) atoms. The molecule has 0 aliphatic heterocycles. The normalized spacial score (nSPS) is 10.5. The average molecular weight is 193 g/mol. The number of hydrogen-bond acceptors (Lipinski definition) is 3. The van der Waals surface area contributed by atoms with Crippen molar-refractivity contribution in [1.29, 1.82) is 0 Å². The van der Waals surface area contributed by atoms with Crippen LogP contribution in [0.5, 0.6) is 0 Å². The Labute approximate surface area is 80.8 Å². The highest BCUT2D eigenvalue weighted by Gasteiger charge is 2.00. The topological polar surface area (TPSA) is 32.3 Å². The zero-order chi connectivity index (χ0) is 9.10. The standard InChI is InChI=1S/C10H11NOS/c12-6-5-11-9-7-13-10-4-2-1-3-8(9)10/h1-4,7,11-12H,5-6H2. The van der Waals surface area contributed by atoms with E-state index in [4.69, 9.17) is 5.11 Å². The number of benzene rings is 1. The molecule has 0 aliphatic carbocycles. The minimum Gasteiger partial charge on any atom is -0.395 e. The van der Waals surface area contributed by atoms with E-state index < -0.39 is 0 Å². The Morgan fingerprint density at radius 2 is 2.15 bits per heavy atom. The van der Waals surface area contributed by atoms with Gasteiger partial charge in [0.05, 0.1) is 12.3 Å². The van der Waals surface area contributed by atoms with Gasteiger partial charge in [-0.25, -0.2) is 0 Å². The summed E-state index contributed by atoms with van der Waals surface area (Å²) in [4.78, 5) is 0. The van der Waals surface area contributed by atoms with Crippen LogP contribution in [-0.4, -0.2) is 18.3 Å². The summed E-state index contributed by atoms with van der Waals surface area (Å²) in [6, 6.07) is 8.25. The Balaban J connectivity index is 2.35. The Morgan fingerprint density at radius 1 is 1.31 bits per heavy atom. The molecule has 2 nitrogen and oxygen atoms in total. The molecule has 0 radical (unpaired) electrons. The molecule has 0 amide bonds. The fourth-order valence-corrected chi connectivity index (χ4v) is 2.22. The van der Waals surface area contributed by atoms with Gasteiger partial charge in [0.1, 0.15) is 0 Å². The van der Waals surface area contributed by atoms with Crippen molar-refractivity contribution in [3.8, 4) is 0 Å². The highest BCUT2D eigenvalue weighted by molar-refractivity contribution is 7.17. The Kier molecular flexibility index (Phi) is 2.47. The number of fused-ring (bicyclic) bond motifs is 1. The van der Waals surface area contributed by atoms with Crippen LogP contribution in [-0.2, 0) is 0 Å². The number of hydrogen-bond donors (Lipinski definition) is 2. The summed E-state index contributed by atoms with van der Waals surface area (Å²) in [6.07, 6.45) is 0. The van der Waals surface area contributed by atoms with Crippen LogP contribution < -0.4 is 5.32 Å². The SMILES string of the molecule is OCCNc1csc2ccccc12. The number of rotatable bonds is 3. The average Bonchev–Trinajstić information content (AvgIpc) is 2.58. The maximum atomic E-state index is 8.68. The van der Waals surface area contributed by atoms with Crippen molar-refractivity contribution >= 4 is 27.1 Å². The van der Waals surface area contributed by atoms with Crippen molar-refractivity contribution in [2.45, 2.75) is 0 Å². The molecule has 2 aromatic rings. The van der Waals surface area contributed by atoms with Crippen LogP contribution in [0.3, 0.4) is 0 Å². The molecule has 0 saturated carbocycles. The van der Waals surface area contributed by atoms with E-state index in [2.05, 4.69) is 22.8 Å². The third kappa shape index (κ3) is 1.66. The van der Waals surface area contributed by atoms with E-state index in [1.807, 2.05) is 12.1 Å². The largest absolute Gasteiger partial charge is 0.395 e. The molecule has 0 bridgehead atoms. The minimum atomic E-state index is 0.171. The highest BCUT2D eigenvalue weighted by Crippen LogP contribution is 2.29. The summed E-state index contributed by atoms with van der Waals surface area (Å²) in [5, 5.41) is 15.2. The second-order valence-electron chi connectivity index (χ2n) is 2.80. The molecule has 0 aliphatic rings. The van der Waals surface area contributed by atoms with Crippen LogP contribution in [0.15, 0.2) is 29.6 Å². The van der Waals surface area contributed by atoms with Gasteiger partial charge >= 0.3 is 0 Å². The number of aliphatic hydroxyl groups is 1. The van der Waals surface area contributed by atoms with Gasteiger partial charge in [0, 0.05) is 22.0 Å². The van der Waals surface area contributed by atoms with Crippen LogP contribution in [0.25, 0.3) is 10.1 Å². The van der Waals surface area contributed by atoms with Crippen LogP contribution in [0.2, 0.25) is 0 Å². The fraction of sp³-hybridized carbons (Fsp3) is 0.200. The van der Waals surface area contributed by atoms with E-state index >= 15 is 0 Å². The molecule has 0 spiro atoms. The molecule has 2 rings (SSSR count). The summed E-state index contributed by atoms with van der Waals surface area (Å²) >= 11 is 1.72. The highest BCUT2D eigenvalue weighted by atomic mass is 32.1. The number of nitrogens with one attached hydrogen (secondary N) is 1. The van der Waals surface area contributed by atoms with E-state index in [1.165, 1.54) is 10.1 Å². The van der Waals surface area contributed by atoms with E-state index in [0.717, 1.165) is 5.69 Å². The summed E-state index contributed by atoms with van der Waals surface area (Å²) in [6.45, 7) is 0.783. The predicted molar refractivity (Wildman–Crippen MR) is 57.4 cm³/mol. The van der Waals surface area contributed by atoms with Gasteiger partial charge in [0.15, 0.2) is 0 Å². The Hall–Kier alpha value is -1.06. The summed E-state index contributed by atoms with van der Waals surface area (Å²) in [7, 11) is 0. The summed E-state index contributed by atoms with van der Waals surface area (Å²) < 4.78 is 1.28. The molecule has 0 fully saturated rings.